The molecule has 4 rings (SSSR count). The number of nitrogens with two attached hydrogens (primary N) is 1. The minimum atomic E-state index is -0.609. The summed E-state index contributed by atoms with van der Waals surface area (Å²) in [6.45, 7) is 6.19. The number of aliphatic imine (C=N–C) groups is 1. The van der Waals surface area contributed by atoms with Crippen LogP contribution in [-0.2, 0) is 4.79 Å². The second-order valence-electron chi connectivity index (χ2n) is 8.66. The average molecular weight is 440 g/mol. The van der Waals surface area contributed by atoms with Crippen LogP contribution < -0.4 is 16.0 Å². The monoisotopic (exact) mass is 439 g/mol. The Balaban J connectivity index is 1.46. The zero-order valence-corrected chi connectivity index (χ0v) is 18.6. The van der Waals surface area contributed by atoms with Crippen LogP contribution in [0.3, 0.4) is 0 Å². The van der Waals surface area contributed by atoms with Crippen LogP contribution in [0, 0.1) is 24.6 Å². The van der Waals surface area contributed by atoms with Crippen LogP contribution in [-0.4, -0.2) is 60.2 Å². The molecule has 2 aromatic rings. The molecule has 32 heavy (non-hydrogen) atoms. The molecule has 170 valence electrons. The second kappa shape index (κ2) is 9.60. The number of carbonyl (C=O) groups excluding carboxylic acids is 1. The third kappa shape index (κ3) is 5.04. The minimum absolute atomic E-state index is 0.0524. The molecular weight excluding hydrogens is 409 g/mol. The number of halogens is 1. The van der Waals surface area contributed by atoms with Crippen LogP contribution in [0.15, 0.2) is 29.4 Å². The van der Waals surface area contributed by atoms with Gasteiger partial charge in [-0.3, -0.25) is 4.79 Å². The number of amides is 1. The van der Waals surface area contributed by atoms with Crippen LogP contribution in [0.1, 0.15) is 24.8 Å². The standard InChI is InChI=1S/C23H30FN7O/c1-15-12-17(6-7-20(15)31-10-8-30(2)9-11-31)28-23-27-14-19(24)22(29-23)26-13-16-4-3-5-18(16)21(25)32/h6-7,12-14,16,18H,3-5,8-11H2,1-2H3,(H2,25,32)(H,27,28,29)/t16?,18-/m1/s1. The maximum atomic E-state index is 14.2. The number of hydrogen-bond donors (Lipinski definition) is 2. The summed E-state index contributed by atoms with van der Waals surface area (Å²) in [5.41, 5.74) is 8.65. The summed E-state index contributed by atoms with van der Waals surface area (Å²) in [4.78, 5) is 28.8. The predicted molar refractivity (Wildman–Crippen MR) is 124 cm³/mol. The molecule has 0 radical (unpaired) electrons. The van der Waals surface area contributed by atoms with Gasteiger partial charge in [-0.1, -0.05) is 6.42 Å². The van der Waals surface area contributed by atoms with Gasteiger partial charge in [-0.15, -0.1) is 0 Å². The van der Waals surface area contributed by atoms with Gasteiger partial charge < -0.3 is 20.9 Å². The Morgan fingerprint density at radius 1 is 1.28 bits per heavy atom. The number of benzene rings is 1. The van der Waals surface area contributed by atoms with E-state index < -0.39 is 5.82 Å². The van der Waals surface area contributed by atoms with Crippen molar-refractivity contribution in [2.45, 2.75) is 26.2 Å². The molecule has 1 aromatic heterocycles. The number of nitrogens with one attached hydrogen (secondary N) is 1. The lowest BCUT2D eigenvalue weighted by Gasteiger charge is -2.35. The first-order chi connectivity index (χ1) is 15.4. The first kappa shape index (κ1) is 22.1. The van der Waals surface area contributed by atoms with Gasteiger partial charge in [0.2, 0.25) is 11.9 Å². The summed E-state index contributed by atoms with van der Waals surface area (Å²) in [6, 6.07) is 6.11. The van der Waals surface area contributed by atoms with E-state index in [4.69, 9.17) is 5.73 Å². The van der Waals surface area contributed by atoms with Gasteiger partial charge >= 0.3 is 0 Å². The Hall–Kier alpha value is -3.07. The molecule has 1 aliphatic heterocycles. The molecule has 1 aliphatic carbocycles. The molecule has 8 nitrogen and oxygen atoms in total. The highest BCUT2D eigenvalue weighted by Crippen LogP contribution is 2.31. The summed E-state index contributed by atoms with van der Waals surface area (Å²) in [5.74, 6) is -1.06. The summed E-state index contributed by atoms with van der Waals surface area (Å²) < 4.78 is 14.2. The van der Waals surface area contributed by atoms with E-state index in [0.717, 1.165) is 62.9 Å². The van der Waals surface area contributed by atoms with Crippen molar-refractivity contribution in [1.82, 2.24) is 14.9 Å². The zero-order chi connectivity index (χ0) is 22.7. The molecule has 1 aromatic carbocycles. The Morgan fingerprint density at radius 2 is 2.06 bits per heavy atom. The lowest BCUT2D eigenvalue weighted by molar-refractivity contribution is -0.122. The molecular formula is C23H30FN7O. The van der Waals surface area contributed by atoms with Crippen LogP contribution in [0.4, 0.5) is 27.5 Å². The van der Waals surface area contributed by atoms with Crippen molar-refractivity contribution in [3.8, 4) is 0 Å². The third-order valence-corrected chi connectivity index (χ3v) is 6.35. The van der Waals surface area contributed by atoms with Gasteiger partial charge in [0.1, 0.15) is 0 Å². The molecule has 2 heterocycles. The molecule has 2 fully saturated rings. The van der Waals surface area contributed by atoms with Crippen molar-refractivity contribution in [3.63, 3.8) is 0 Å². The van der Waals surface area contributed by atoms with Gasteiger partial charge in [0.05, 0.1) is 6.20 Å². The number of aromatic nitrogens is 2. The second-order valence-corrected chi connectivity index (χ2v) is 8.66. The van der Waals surface area contributed by atoms with Gasteiger partial charge in [0.25, 0.3) is 0 Å². The third-order valence-electron chi connectivity index (χ3n) is 6.35. The summed E-state index contributed by atoms with van der Waals surface area (Å²) in [7, 11) is 2.14. The summed E-state index contributed by atoms with van der Waals surface area (Å²) >= 11 is 0. The number of rotatable bonds is 6. The Bertz CT molecular complexity index is 1000. The van der Waals surface area contributed by atoms with E-state index in [1.54, 1.807) is 6.21 Å². The molecule has 1 saturated carbocycles. The number of aryl methyl sites for hydroxylation is 1. The first-order valence-electron chi connectivity index (χ1n) is 11.1. The molecule has 0 spiro atoms. The quantitative estimate of drug-likeness (QED) is 0.671. The number of piperazine rings is 1. The molecule has 1 saturated heterocycles. The minimum Gasteiger partial charge on any atom is -0.369 e. The number of anilines is 3. The first-order valence-corrected chi connectivity index (χ1v) is 11.1. The van der Waals surface area contributed by atoms with Gasteiger partial charge in [0.15, 0.2) is 11.6 Å². The molecule has 2 aliphatic rings. The number of likely N-dealkylation sites (N-methyl/N-ethyl adjacent to an activating group) is 1. The predicted octanol–water partition coefficient (Wildman–Crippen LogP) is 3.02. The van der Waals surface area contributed by atoms with E-state index in [9.17, 15) is 9.18 Å². The largest absolute Gasteiger partial charge is 0.369 e. The zero-order valence-electron chi connectivity index (χ0n) is 18.6. The SMILES string of the molecule is Cc1cc(Nc2ncc(F)c(N=CC3CCC[C@H]3C(N)=O)n2)ccc1N1CCN(C)CC1. The van der Waals surface area contributed by atoms with Gasteiger partial charge in [0, 0.05) is 55.6 Å². The molecule has 0 bridgehead atoms. The number of carbonyl (C=O) groups is 1. The van der Waals surface area contributed by atoms with Gasteiger partial charge in [-0.2, -0.15) is 4.98 Å². The van der Waals surface area contributed by atoms with E-state index in [-0.39, 0.29) is 29.5 Å². The molecule has 2 atom stereocenters. The van der Waals surface area contributed by atoms with Gasteiger partial charge in [-0.05, 0) is 50.6 Å². The van der Waals surface area contributed by atoms with E-state index >= 15 is 0 Å². The van der Waals surface area contributed by atoms with E-state index in [1.807, 2.05) is 12.1 Å². The lowest BCUT2D eigenvalue weighted by Crippen LogP contribution is -2.44. The fraction of sp³-hybridized carbons (Fsp3) is 0.478. The normalized spacial score (nSPS) is 21.9. The summed E-state index contributed by atoms with van der Waals surface area (Å²) in [5, 5.41) is 3.14. The Labute approximate surface area is 187 Å². The van der Waals surface area contributed by atoms with Crippen LogP contribution in [0.5, 0.6) is 0 Å². The van der Waals surface area contributed by atoms with Crippen LogP contribution in [0.2, 0.25) is 0 Å². The van der Waals surface area contributed by atoms with Crippen molar-refractivity contribution in [1.29, 1.82) is 0 Å². The summed E-state index contributed by atoms with van der Waals surface area (Å²) in [6.07, 6.45) is 5.18. The fourth-order valence-corrected chi connectivity index (χ4v) is 4.46. The van der Waals surface area contributed by atoms with Crippen molar-refractivity contribution >= 4 is 35.3 Å². The van der Waals surface area contributed by atoms with E-state index in [1.165, 1.54) is 5.69 Å². The van der Waals surface area contributed by atoms with E-state index in [2.05, 4.69) is 50.1 Å². The topological polar surface area (TPSA) is 99.7 Å². The molecule has 9 heteroatoms. The Kier molecular flexibility index (Phi) is 6.64. The van der Waals surface area contributed by atoms with Crippen LogP contribution >= 0.6 is 0 Å². The molecule has 3 N–H and O–H groups in total. The smallest absolute Gasteiger partial charge is 0.229 e. The van der Waals surface area contributed by atoms with Crippen molar-refractivity contribution < 1.29 is 9.18 Å². The van der Waals surface area contributed by atoms with Crippen molar-refractivity contribution in [3.05, 3.63) is 35.8 Å². The van der Waals surface area contributed by atoms with E-state index in [0.29, 0.717) is 0 Å². The highest BCUT2D eigenvalue weighted by molar-refractivity contribution is 5.82. The van der Waals surface area contributed by atoms with Crippen molar-refractivity contribution in [2.75, 3.05) is 43.4 Å². The van der Waals surface area contributed by atoms with Gasteiger partial charge in [-0.25, -0.2) is 14.4 Å². The Morgan fingerprint density at radius 3 is 2.78 bits per heavy atom. The average Bonchev–Trinajstić information content (AvgIpc) is 3.24. The van der Waals surface area contributed by atoms with Crippen molar-refractivity contribution in [2.24, 2.45) is 22.6 Å². The fourth-order valence-electron chi connectivity index (χ4n) is 4.46. The highest BCUT2D eigenvalue weighted by atomic mass is 19.1. The lowest BCUT2D eigenvalue weighted by atomic mass is 9.97. The number of nitrogens with zero attached hydrogens (tertiary/aromatic N) is 5. The highest BCUT2D eigenvalue weighted by Gasteiger charge is 2.30. The van der Waals surface area contributed by atoms with Crippen LogP contribution in [0.25, 0.3) is 0 Å². The number of primary amides is 1. The maximum absolute atomic E-state index is 14.2. The molecule has 1 unspecified atom stereocenters. The number of hydrogen-bond acceptors (Lipinski definition) is 7. The maximum Gasteiger partial charge on any atom is 0.229 e. The molecule has 1 amide bonds.